The van der Waals surface area contributed by atoms with Crippen molar-refractivity contribution in [2.45, 2.75) is 6.61 Å². The van der Waals surface area contributed by atoms with Gasteiger partial charge < -0.3 is 10.1 Å². The van der Waals surface area contributed by atoms with E-state index >= 15 is 0 Å². The normalized spacial score (nSPS) is 10.5. The number of ether oxygens (including phenoxy) is 1. The lowest BCUT2D eigenvalue weighted by molar-refractivity contribution is -0.385. The second-order valence-corrected chi connectivity index (χ2v) is 3.63. The number of halogens is 4. The van der Waals surface area contributed by atoms with Crippen LogP contribution in [0.4, 0.5) is 24.5 Å². The van der Waals surface area contributed by atoms with E-state index in [1.54, 1.807) is 0 Å². The van der Waals surface area contributed by atoms with Crippen molar-refractivity contribution in [3.05, 3.63) is 26.5 Å². The first-order valence-corrected chi connectivity index (χ1v) is 4.96. The predicted molar refractivity (Wildman–Crippen MR) is 56.9 cm³/mol. The third kappa shape index (κ3) is 2.78. The van der Waals surface area contributed by atoms with Gasteiger partial charge in [0, 0.05) is 13.1 Å². The van der Waals surface area contributed by atoms with Crippen LogP contribution in [0.1, 0.15) is 0 Å². The summed E-state index contributed by atoms with van der Waals surface area (Å²) in [6, 6.07) is 0.778. The van der Waals surface area contributed by atoms with Gasteiger partial charge in [-0.25, -0.2) is 4.39 Å². The average Bonchev–Trinajstić information content (AvgIpc) is 2.21. The maximum atomic E-state index is 13.5. The van der Waals surface area contributed by atoms with Gasteiger partial charge in [0.2, 0.25) is 5.75 Å². The zero-order valence-electron chi connectivity index (χ0n) is 8.34. The molecule has 0 aromatic heterocycles. The highest BCUT2D eigenvalue weighted by Gasteiger charge is 2.28. The molecule has 94 valence electrons. The fourth-order valence-electron chi connectivity index (χ4n) is 1.19. The molecule has 1 N–H and O–H groups in total. The van der Waals surface area contributed by atoms with E-state index in [9.17, 15) is 23.3 Å². The van der Waals surface area contributed by atoms with Crippen molar-refractivity contribution in [1.82, 2.24) is 0 Å². The molecule has 0 bridgehead atoms. The van der Waals surface area contributed by atoms with E-state index in [0.717, 1.165) is 6.07 Å². The lowest BCUT2D eigenvalue weighted by Gasteiger charge is -2.10. The molecule has 0 aliphatic carbocycles. The quantitative estimate of drug-likeness (QED) is 0.685. The molecule has 1 aromatic rings. The van der Waals surface area contributed by atoms with Crippen LogP contribution in [0, 0.1) is 15.9 Å². The zero-order valence-corrected chi connectivity index (χ0v) is 9.92. The standard InChI is InChI=1S/C8H6BrF3N2O3/c1-13-6-5(10)3(9)2-4(17-8(11)12)7(6)14(15)16/h2,8,13H,1H3. The van der Waals surface area contributed by atoms with Crippen molar-refractivity contribution in [1.29, 1.82) is 0 Å². The van der Waals surface area contributed by atoms with Crippen molar-refractivity contribution in [2.24, 2.45) is 0 Å². The summed E-state index contributed by atoms with van der Waals surface area (Å²) < 4.78 is 41.4. The number of alkyl halides is 2. The second-order valence-electron chi connectivity index (χ2n) is 2.78. The smallest absolute Gasteiger partial charge is 0.387 e. The predicted octanol–water partition coefficient (Wildman–Crippen LogP) is 3.14. The van der Waals surface area contributed by atoms with E-state index in [-0.39, 0.29) is 4.47 Å². The van der Waals surface area contributed by atoms with Crippen LogP contribution < -0.4 is 10.1 Å². The van der Waals surface area contributed by atoms with Crippen LogP contribution in [0.15, 0.2) is 10.5 Å². The van der Waals surface area contributed by atoms with Gasteiger partial charge in [-0.05, 0) is 15.9 Å². The maximum absolute atomic E-state index is 13.5. The van der Waals surface area contributed by atoms with E-state index in [1.165, 1.54) is 7.05 Å². The second kappa shape index (κ2) is 5.21. The summed E-state index contributed by atoms with van der Waals surface area (Å²) in [4.78, 5) is 9.70. The van der Waals surface area contributed by atoms with E-state index in [4.69, 9.17) is 0 Å². The van der Waals surface area contributed by atoms with E-state index < -0.39 is 34.5 Å². The molecule has 5 nitrogen and oxygen atoms in total. The first-order chi connectivity index (χ1) is 7.88. The number of hydrogen-bond donors (Lipinski definition) is 1. The van der Waals surface area contributed by atoms with Gasteiger partial charge in [0.15, 0.2) is 11.5 Å². The number of nitro groups is 1. The summed E-state index contributed by atoms with van der Waals surface area (Å²) in [6.45, 7) is -3.24. The number of benzene rings is 1. The Bertz CT molecular complexity index is 456. The number of nitrogens with one attached hydrogen (secondary N) is 1. The summed E-state index contributed by atoms with van der Waals surface area (Å²) in [6.07, 6.45) is 0. The molecular formula is C8H6BrF3N2O3. The van der Waals surface area contributed by atoms with Gasteiger partial charge in [-0.1, -0.05) is 0 Å². The highest BCUT2D eigenvalue weighted by Crippen LogP contribution is 2.41. The Labute approximate surface area is 102 Å². The van der Waals surface area contributed by atoms with Crippen molar-refractivity contribution in [2.75, 3.05) is 12.4 Å². The Balaban J connectivity index is 3.47. The van der Waals surface area contributed by atoms with Gasteiger partial charge in [-0.2, -0.15) is 8.78 Å². The van der Waals surface area contributed by atoms with Crippen LogP contribution in [-0.4, -0.2) is 18.6 Å². The Morgan fingerprint density at radius 1 is 1.59 bits per heavy atom. The van der Waals surface area contributed by atoms with E-state index in [1.807, 2.05) is 0 Å². The Morgan fingerprint density at radius 3 is 2.59 bits per heavy atom. The third-order valence-electron chi connectivity index (χ3n) is 1.81. The molecule has 0 saturated carbocycles. The molecule has 0 spiro atoms. The fourth-order valence-corrected chi connectivity index (χ4v) is 1.59. The van der Waals surface area contributed by atoms with Crippen LogP contribution in [0.3, 0.4) is 0 Å². The lowest BCUT2D eigenvalue weighted by Crippen LogP contribution is -2.08. The molecule has 0 unspecified atom stereocenters. The summed E-state index contributed by atoms with van der Waals surface area (Å²) >= 11 is 2.75. The van der Waals surface area contributed by atoms with Gasteiger partial charge in [0.05, 0.1) is 9.40 Å². The molecule has 1 aromatic carbocycles. The molecule has 0 saturated heterocycles. The number of nitrogens with zero attached hydrogens (tertiary/aromatic N) is 1. The third-order valence-corrected chi connectivity index (χ3v) is 2.38. The molecular weight excluding hydrogens is 309 g/mol. The van der Waals surface area contributed by atoms with Gasteiger partial charge in [0.1, 0.15) is 0 Å². The summed E-state index contributed by atoms with van der Waals surface area (Å²) in [7, 11) is 1.23. The van der Waals surface area contributed by atoms with Crippen LogP contribution in [-0.2, 0) is 0 Å². The fraction of sp³-hybridized carbons (Fsp3) is 0.250. The molecule has 0 fully saturated rings. The minimum Gasteiger partial charge on any atom is -0.427 e. The van der Waals surface area contributed by atoms with Crippen molar-refractivity contribution in [3.63, 3.8) is 0 Å². The monoisotopic (exact) mass is 314 g/mol. The van der Waals surface area contributed by atoms with E-state index in [2.05, 4.69) is 26.0 Å². The molecule has 0 atom stereocenters. The lowest BCUT2D eigenvalue weighted by atomic mass is 10.2. The van der Waals surface area contributed by atoms with Gasteiger partial charge in [-0.3, -0.25) is 10.1 Å². The molecule has 0 aliphatic heterocycles. The Hall–Kier alpha value is -1.51. The Morgan fingerprint density at radius 2 is 2.18 bits per heavy atom. The number of rotatable bonds is 4. The molecule has 0 heterocycles. The molecule has 0 radical (unpaired) electrons. The molecule has 1 rings (SSSR count). The SMILES string of the molecule is CNc1c(F)c(Br)cc(OC(F)F)c1[N+](=O)[O-]. The van der Waals surface area contributed by atoms with Gasteiger partial charge in [-0.15, -0.1) is 0 Å². The molecule has 17 heavy (non-hydrogen) atoms. The Kier molecular flexibility index (Phi) is 4.16. The molecule has 0 aliphatic rings. The zero-order chi connectivity index (χ0) is 13.2. The highest BCUT2D eigenvalue weighted by molar-refractivity contribution is 9.10. The van der Waals surface area contributed by atoms with Crippen molar-refractivity contribution < 1.29 is 22.8 Å². The van der Waals surface area contributed by atoms with Crippen molar-refractivity contribution in [3.8, 4) is 5.75 Å². The minimum absolute atomic E-state index is 0.219. The van der Waals surface area contributed by atoms with Crippen LogP contribution in [0.5, 0.6) is 5.75 Å². The van der Waals surface area contributed by atoms with Crippen LogP contribution in [0.2, 0.25) is 0 Å². The van der Waals surface area contributed by atoms with Crippen molar-refractivity contribution >= 4 is 27.3 Å². The first-order valence-electron chi connectivity index (χ1n) is 4.17. The van der Waals surface area contributed by atoms with E-state index in [0.29, 0.717) is 0 Å². The first kappa shape index (κ1) is 13.6. The summed E-state index contributed by atoms with van der Waals surface area (Å²) in [5.41, 5.74) is -1.41. The number of hydrogen-bond acceptors (Lipinski definition) is 4. The van der Waals surface area contributed by atoms with Crippen LogP contribution in [0.25, 0.3) is 0 Å². The summed E-state index contributed by atoms with van der Waals surface area (Å²) in [5.74, 6) is -1.68. The van der Waals surface area contributed by atoms with Gasteiger partial charge >= 0.3 is 12.3 Å². The average molecular weight is 315 g/mol. The summed E-state index contributed by atoms with van der Waals surface area (Å²) in [5, 5.41) is 12.9. The minimum atomic E-state index is -3.24. The number of anilines is 1. The maximum Gasteiger partial charge on any atom is 0.387 e. The largest absolute Gasteiger partial charge is 0.427 e. The molecule has 9 heteroatoms. The molecule has 0 amide bonds. The topological polar surface area (TPSA) is 64.4 Å². The van der Waals surface area contributed by atoms with Crippen LogP contribution >= 0.6 is 15.9 Å². The highest BCUT2D eigenvalue weighted by atomic mass is 79.9. The number of nitro benzene ring substituents is 1. The van der Waals surface area contributed by atoms with Gasteiger partial charge in [0.25, 0.3) is 0 Å².